The predicted octanol–water partition coefficient (Wildman–Crippen LogP) is 2.48. The minimum Gasteiger partial charge on any atom is -0.507 e. The summed E-state index contributed by atoms with van der Waals surface area (Å²) in [5.74, 6) is -0.252. The number of Topliss-reactive ketones (excluding diaryl/α,β-unsaturated/α-hetero) is 1. The van der Waals surface area contributed by atoms with E-state index in [2.05, 4.69) is 20.5 Å². The molecule has 2 aromatic carbocycles. The van der Waals surface area contributed by atoms with Crippen LogP contribution in [0.5, 0.6) is 5.75 Å². The highest BCUT2D eigenvalue weighted by atomic mass is 16.3. The van der Waals surface area contributed by atoms with Crippen LogP contribution in [0.1, 0.15) is 17.3 Å². The molecule has 0 bridgehead atoms. The van der Waals surface area contributed by atoms with Crippen molar-refractivity contribution in [3.8, 4) is 17.0 Å². The van der Waals surface area contributed by atoms with Crippen LogP contribution in [0.15, 0.2) is 53.3 Å². The van der Waals surface area contributed by atoms with E-state index in [1.807, 2.05) is 18.2 Å². The van der Waals surface area contributed by atoms with Crippen LogP contribution in [-0.2, 0) is 0 Å². The van der Waals surface area contributed by atoms with E-state index < -0.39 is 0 Å². The number of phenols is 1. The maximum absolute atomic E-state index is 12.1. The van der Waals surface area contributed by atoms with Crippen LogP contribution in [0.2, 0.25) is 0 Å². The molecule has 7 nitrogen and oxygen atoms in total. The number of carbonyl (C=O) groups excluding carboxylic acids is 1. The largest absolute Gasteiger partial charge is 0.507 e. The van der Waals surface area contributed by atoms with Gasteiger partial charge in [-0.05, 0) is 19.1 Å². The number of aromatic nitrogens is 3. The van der Waals surface area contributed by atoms with Crippen molar-refractivity contribution >= 4 is 17.4 Å². The highest BCUT2D eigenvalue weighted by molar-refractivity contribution is 5.97. The first kappa shape index (κ1) is 15.4. The highest BCUT2D eigenvalue weighted by Gasteiger charge is 2.10. The normalized spacial score (nSPS) is 10.4. The number of aromatic amines is 1. The van der Waals surface area contributed by atoms with Crippen molar-refractivity contribution in [2.75, 3.05) is 5.32 Å². The number of anilines is 2. The Morgan fingerprint density at radius 2 is 1.88 bits per heavy atom. The minimum absolute atomic E-state index is 0.134. The molecule has 0 fully saturated rings. The van der Waals surface area contributed by atoms with Crippen LogP contribution >= 0.6 is 0 Å². The fraction of sp³-hybridized carbons (Fsp3) is 0.0588. The number of nitrogens with one attached hydrogen (secondary N) is 2. The number of phenolic OH excluding ortho intramolecular Hbond substituents is 1. The summed E-state index contributed by atoms with van der Waals surface area (Å²) in [6.45, 7) is 1.37. The third-order valence-corrected chi connectivity index (χ3v) is 3.38. The van der Waals surface area contributed by atoms with E-state index in [1.54, 1.807) is 18.2 Å². The third kappa shape index (κ3) is 3.14. The van der Waals surface area contributed by atoms with Crippen LogP contribution in [0.3, 0.4) is 0 Å². The summed E-state index contributed by atoms with van der Waals surface area (Å²) in [7, 11) is 0. The molecule has 24 heavy (non-hydrogen) atoms. The third-order valence-electron chi connectivity index (χ3n) is 3.38. The topological polar surface area (TPSA) is 108 Å². The molecular formula is C17H14N4O3. The van der Waals surface area contributed by atoms with Gasteiger partial charge in [-0.25, -0.2) is 0 Å². The Labute approximate surface area is 137 Å². The van der Waals surface area contributed by atoms with Crippen LogP contribution in [0.4, 0.5) is 11.6 Å². The zero-order chi connectivity index (χ0) is 17.1. The standard InChI is InChI=1S/C17H14N4O3/c1-10(22)13-8-7-12(9-14(13)23)18-17-19-16(24)15(20-21-17)11-5-3-2-4-6-11/h2-9,23H,1H3,(H2,18,19,21,24). The van der Waals surface area contributed by atoms with E-state index in [0.29, 0.717) is 11.3 Å². The lowest BCUT2D eigenvalue weighted by Crippen LogP contribution is -2.15. The van der Waals surface area contributed by atoms with Crippen molar-refractivity contribution in [2.24, 2.45) is 0 Å². The van der Waals surface area contributed by atoms with Crippen molar-refractivity contribution in [1.82, 2.24) is 15.2 Å². The summed E-state index contributed by atoms with van der Waals surface area (Å²) in [5.41, 5.74) is 1.19. The molecule has 0 atom stereocenters. The molecule has 7 heteroatoms. The Hall–Kier alpha value is -3.48. The summed E-state index contributed by atoms with van der Waals surface area (Å²) >= 11 is 0. The molecule has 0 amide bonds. The summed E-state index contributed by atoms with van der Waals surface area (Å²) in [5, 5.41) is 20.5. The second kappa shape index (κ2) is 6.33. The zero-order valence-electron chi connectivity index (χ0n) is 12.8. The Bertz CT molecular complexity index is 952. The minimum atomic E-state index is -0.386. The second-order valence-corrected chi connectivity index (χ2v) is 5.13. The van der Waals surface area contributed by atoms with Gasteiger partial charge >= 0.3 is 0 Å². The predicted molar refractivity (Wildman–Crippen MR) is 89.5 cm³/mol. The van der Waals surface area contributed by atoms with Crippen LogP contribution in [0.25, 0.3) is 11.3 Å². The summed E-state index contributed by atoms with van der Waals surface area (Å²) in [6.07, 6.45) is 0. The van der Waals surface area contributed by atoms with E-state index in [-0.39, 0.29) is 34.3 Å². The van der Waals surface area contributed by atoms with Crippen molar-refractivity contribution < 1.29 is 9.90 Å². The first-order valence-electron chi connectivity index (χ1n) is 7.18. The molecule has 3 aromatic rings. The number of rotatable bonds is 4. The Kier molecular flexibility index (Phi) is 4.07. The average molecular weight is 322 g/mol. The van der Waals surface area contributed by atoms with E-state index in [0.717, 1.165) is 0 Å². The first-order valence-corrected chi connectivity index (χ1v) is 7.18. The molecule has 120 valence electrons. The van der Waals surface area contributed by atoms with Gasteiger partial charge in [0.1, 0.15) is 5.75 Å². The lowest BCUT2D eigenvalue weighted by Gasteiger charge is -2.07. The summed E-state index contributed by atoms with van der Waals surface area (Å²) in [6, 6.07) is 13.5. The van der Waals surface area contributed by atoms with Gasteiger partial charge in [-0.2, -0.15) is 0 Å². The molecule has 3 rings (SSSR count). The summed E-state index contributed by atoms with van der Waals surface area (Å²) < 4.78 is 0. The molecule has 0 spiro atoms. The van der Waals surface area contributed by atoms with Gasteiger partial charge in [-0.3, -0.25) is 14.6 Å². The van der Waals surface area contributed by atoms with Crippen molar-refractivity contribution in [1.29, 1.82) is 0 Å². The zero-order valence-corrected chi connectivity index (χ0v) is 12.8. The van der Waals surface area contributed by atoms with Crippen LogP contribution < -0.4 is 10.9 Å². The molecule has 0 aliphatic carbocycles. The maximum Gasteiger partial charge on any atom is 0.279 e. The van der Waals surface area contributed by atoms with E-state index >= 15 is 0 Å². The van der Waals surface area contributed by atoms with Gasteiger partial charge in [0.25, 0.3) is 5.56 Å². The van der Waals surface area contributed by atoms with Crippen molar-refractivity contribution in [3.05, 3.63) is 64.4 Å². The Balaban J connectivity index is 1.87. The molecule has 0 saturated carbocycles. The fourth-order valence-electron chi connectivity index (χ4n) is 2.22. The number of ketones is 1. The monoisotopic (exact) mass is 322 g/mol. The quantitative estimate of drug-likeness (QED) is 0.637. The molecular weight excluding hydrogens is 308 g/mol. The lowest BCUT2D eigenvalue weighted by atomic mass is 10.1. The molecule has 0 aliphatic rings. The number of H-pyrrole nitrogens is 1. The smallest absolute Gasteiger partial charge is 0.279 e. The lowest BCUT2D eigenvalue weighted by molar-refractivity contribution is 0.101. The van der Waals surface area contributed by atoms with Crippen LogP contribution in [-0.4, -0.2) is 26.1 Å². The number of hydrogen-bond acceptors (Lipinski definition) is 6. The number of nitrogens with zero attached hydrogens (tertiary/aromatic N) is 2. The molecule has 3 N–H and O–H groups in total. The Morgan fingerprint density at radius 1 is 1.12 bits per heavy atom. The SMILES string of the molecule is CC(=O)c1ccc(Nc2nnc(-c3ccccc3)c(=O)[nH]2)cc1O. The van der Waals surface area contributed by atoms with E-state index in [9.17, 15) is 14.7 Å². The van der Waals surface area contributed by atoms with Crippen molar-refractivity contribution in [3.63, 3.8) is 0 Å². The van der Waals surface area contributed by atoms with Crippen molar-refractivity contribution in [2.45, 2.75) is 6.92 Å². The second-order valence-electron chi connectivity index (χ2n) is 5.13. The van der Waals surface area contributed by atoms with Gasteiger partial charge in [0.05, 0.1) is 5.56 Å². The molecule has 1 heterocycles. The number of aromatic hydroxyl groups is 1. The van der Waals surface area contributed by atoms with E-state index in [4.69, 9.17) is 0 Å². The first-order chi connectivity index (χ1) is 11.5. The van der Waals surface area contributed by atoms with Gasteiger partial charge in [-0.15, -0.1) is 10.2 Å². The average Bonchev–Trinajstić information content (AvgIpc) is 2.55. The Morgan fingerprint density at radius 3 is 2.50 bits per heavy atom. The molecule has 0 unspecified atom stereocenters. The number of hydrogen-bond donors (Lipinski definition) is 3. The van der Waals surface area contributed by atoms with Gasteiger partial charge in [0, 0.05) is 17.3 Å². The van der Waals surface area contributed by atoms with Gasteiger partial charge in [0.2, 0.25) is 5.95 Å². The molecule has 0 aliphatic heterocycles. The van der Waals surface area contributed by atoms with E-state index in [1.165, 1.54) is 19.1 Å². The summed E-state index contributed by atoms with van der Waals surface area (Å²) in [4.78, 5) is 26.0. The van der Waals surface area contributed by atoms with Gasteiger partial charge in [-0.1, -0.05) is 30.3 Å². The number of carbonyl (C=O) groups is 1. The molecule has 1 aromatic heterocycles. The highest BCUT2D eigenvalue weighted by Crippen LogP contribution is 2.23. The maximum atomic E-state index is 12.1. The van der Waals surface area contributed by atoms with Crippen LogP contribution in [0, 0.1) is 0 Å². The number of benzene rings is 2. The molecule has 0 radical (unpaired) electrons. The molecule has 0 saturated heterocycles. The van der Waals surface area contributed by atoms with Gasteiger partial charge in [0.15, 0.2) is 11.5 Å². The fourth-order valence-corrected chi connectivity index (χ4v) is 2.22. The van der Waals surface area contributed by atoms with Gasteiger partial charge < -0.3 is 10.4 Å².